The molecule has 0 amide bonds. The molecule has 4 heterocycles. The van der Waals surface area contributed by atoms with E-state index in [1.807, 2.05) is 38.1 Å². The molecule has 6 rings (SSSR count). The molecule has 3 aliphatic heterocycles. The fourth-order valence-corrected chi connectivity index (χ4v) is 7.96. The summed E-state index contributed by atoms with van der Waals surface area (Å²) in [6.45, 7) is 3.27. The van der Waals surface area contributed by atoms with Crippen molar-refractivity contribution in [2.45, 2.75) is 51.9 Å². The largest absolute Gasteiger partial charge is 0.530 e. The molecule has 0 saturated carbocycles. The molecule has 0 radical (unpaired) electrons. The first kappa shape index (κ1) is 28.8. The fourth-order valence-electron chi connectivity index (χ4n) is 4.74. The summed E-state index contributed by atoms with van der Waals surface area (Å²) in [7, 11) is -8.20. The van der Waals surface area contributed by atoms with Crippen LogP contribution in [0.5, 0.6) is 11.5 Å². The van der Waals surface area contributed by atoms with Crippen molar-refractivity contribution in [1.29, 1.82) is 0 Å². The first-order valence-electron chi connectivity index (χ1n) is 12.6. The molecule has 3 aliphatic rings. The van der Waals surface area contributed by atoms with E-state index < -0.39 is 45.3 Å². The van der Waals surface area contributed by atoms with Gasteiger partial charge in [0.25, 0.3) is 5.56 Å². The predicted molar refractivity (Wildman–Crippen MR) is 152 cm³/mol. The van der Waals surface area contributed by atoms with Crippen LogP contribution in [-0.4, -0.2) is 28.4 Å². The molecule has 0 aliphatic carbocycles. The Hall–Kier alpha value is -2.29. The third-order valence-corrected chi connectivity index (χ3v) is 10.3. The molecular formula is C25H25IN2O11P2. The molecule has 2 unspecified atom stereocenters. The minimum atomic E-state index is -4.14. The number of nitrogens with one attached hydrogen (secondary N) is 1. The van der Waals surface area contributed by atoms with Gasteiger partial charge in [-0.2, -0.15) is 0 Å². The molecule has 5 atom stereocenters. The van der Waals surface area contributed by atoms with Crippen molar-refractivity contribution in [2.24, 2.45) is 0 Å². The monoisotopic (exact) mass is 718 g/mol. The normalized spacial score (nSPS) is 28.8. The highest BCUT2D eigenvalue weighted by Crippen LogP contribution is 2.59. The van der Waals surface area contributed by atoms with Gasteiger partial charge >= 0.3 is 21.3 Å². The highest BCUT2D eigenvalue weighted by Gasteiger charge is 2.47. The zero-order valence-corrected chi connectivity index (χ0v) is 25.8. The predicted octanol–water partition coefficient (Wildman–Crippen LogP) is 4.88. The third kappa shape index (κ3) is 5.84. The number of para-hydroxylation sites is 2. The van der Waals surface area contributed by atoms with Crippen molar-refractivity contribution in [2.75, 3.05) is 6.61 Å². The Bertz CT molecular complexity index is 1720. The van der Waals surface area contributed by atoms with Crippen LogP contribution in [0.1, 0.15) is 34.9 Å². The molecule has 0 spiro atoms. The molecule has 0 bridgehead atoms. The lowest BCUT2D eigenvalue weighted by atomic mass is 10.1. The number of benzene rings is 2. The smallest absolute Gasteiger partial charge is 0.403 e. The second-order valence-electron chi connectivity index (χ2n) is 9.70. The first-order chi connectivity index (χ1) is 19.5. The van der Waals surface area contributed by atoms with E-state index in [0.29, 0.717) is 11.5 Å². The van der Waals surface area contributed by atoms with Gasteiger partial charge in [-0.3, -0.25) is 32.4 Å². The van der Waals surface area contributed by atoms with Gasteiger partial charge < -0.3 is 13.8 Å². The standard InChI is InChI=1S/C25H25IN2O11P2/c1-14-5-3-7-16-11-33-40(31,38-22(14)16)35-13-20-19(9-21(36-20)28-10-18(26)24(29)27-25(28)30)37-41(32)34-12-17-8-4-6-15(2)23(17)39-41/h3-8,10,19-21H,9,11-13H2,1-2H3,(H,27,29,30)/t19-,20+,21+,40?,41?/m0/s1. The summed E-state index contributed by atoms with van der Waals surface area (Å²) >= 11 is 1.79. The average Bonchev–Trinajstić information content (AvgIpc) is 3.32. The molecule has 41 heavy (non-hydrogen) atoms. The summed E-state index contributed by atoms with van der Waals surface area (Å²) in [6, 6.07) is 10.9. The lowest BCUT2D eigenvalue weighted by Crippen LogP contribution is -2.33. The Balaban J connectivity index is 1.25. The topological polar surface area (TPSA) is 154 Å². The van der Waals surface area contributed by atoms with E-state index in [1.165, 1.54) is 10.8 Å². The van der Waals surface area contributed by atoms with Gasteiger partial charge in [0.05, 0.1) is 23.4 Å². The molecule has 1 aromatic heterocycles. The van der Waals surface area contributed by atoms with Gasteiger partial charge in [-0.15, -0.1) is 0 Å². The van der Waals surface area contributed by atoms with Crippen LogP contribution in [0.15, 0.2) is 52.2 Å². The van der Waals surface area contributed by atoms with Gasteiger partial charge in [0.1, 0.15) is 29.9 Å². The van der Waals surface area contributed by atoms with Crippen molar-refractivity contribution >= 4 is 38.2 Å². The fraction of sp³-hybridized carbons (Fsp3) is 0.360. The lowest BCUT2D eigenvalue weighted by molar-refractivity contribution is -0.0476. The van der Waals surface area contributed by atoms with Crippen LogP contribution >= 0.6 is 38.2 Å². The Morgan fingerprint density at radius 1 is 0.976 bits per heavy atom. The van der Waals surface area contributed by atoms with E-state index >= 15 is 0 Å². The molecule has 16 heteroatoms. The molecule has 1 N–H and O–H groups in total. The third-order valence-electron chi connectivity index (χ3n) is 6.83. The number of rotatable bonds is 6. The maximum absolute atomic E-state index is 13.6. The van der Waals surface area contributed by atoms with Crippen LogP contribution in [0, 0.1) is 17.4 Å². The highest BCUT2D eigenvalue weighted by molar-refractivity contribution is 14.1. The van der Waals surface area contributed by atoms with E-state index in [-0.39, 0.29) is 29.8 Å². The van der Waals surface area contributed by atoms with Gasteiger partial charge in [-0.1, -0.05) is 36.4 Å². The van der Waals surface area contributed by atoms with Crippen LogP contribution in [0.3, 0.4) is 0 Å². The van der Waals surface area contributed by atoms with E-state index in [0.717, 1.165) is 22.3 Å². The van der Waals surface area contributed by atoms with Crippen molar-refractivity contribution < 1.29 is 41.0 Å². The number of fused-ring (bicyclic) bond motifs is 2. The number of halogens is 1. The van der Waals surface area contributed by atoms with Gasteiger partial charge in [0, 0.05) is 23.7 Å². The number of aromatic nitrogens is 2. The first-order valence-corrected chi connectivity index (χ1v) is 16.6. The number of phosphoric acid groups is 2. The number of ether oxygens (including phenoxy) is 1. The molecule has 13 nitrogen and oxygen atoms in total. The Labute approximate surface area is 247 Å². The molecule has 1 saturated heterocycles. The van der Waals surface area contributed by atoms with Crippen molar-refractivity contribution in [3.63, 3.8) is 0 Å². The maximum atomic E-state index is 13.6. The zero-order chi connectivity index (χ0) is 28.9. The average molecular weight is 718 g/mol. The minimum Gasteiger partial charge on any atom is -0.403 e. The van der Waals surface area contributed by atoms with Crippen LogP contribution in [-0.2, 0) is 45.2 Å². The summed E-state index contributed by atoms with van der Waals surface area (Å²) < 4.78 is 68.4. The summed E-state index contributed by atoms with van der Waals surface area (Å²) in [4.78, 5) is 26.7. The number of aromatic amines is 1. The minimum absolute atomic E-state index is 0.000317. The molecule has 2 aromatic carbocycles. The van der Waals surface area contributed by atoms with E-state index in [9.17, 15) is 18.7 Å². The highest BCUT2D eigenvalue weighted by atomic mass is 127. The lowest BCUT2D eigenvalue weighted by Gasteiger charge is -2.30. The zero-order valence-electron chi connectivity index (χ0n) is 21.8. The summed E-state index contributed by atoms with van der Waals surface area (Å²) in [5, 5.41) is 0. The van der Waals surface area contributed by atoms with Gasteiger partial charge in [0.15, 0.2) is 0 Å². The second kappa shape index (κ2) is 11.1. The van der Waals surface area contributed by atoms with Crippen LogP contribution in [0.4, 0.5) is 0 Å². The molecule has 3 aromatic rings. The second-order valence-corrected chi connectivity index (χ2v) is 14.0. The van der Waals surface area contributed by atoms with Crippen LogP contribution in [0.25, 0.3) is 0 Å². The molecule has 1 fully saturated rings. The van der Waals surface area contributed by atoms with Crippen LogP contribution in [0.2, 0.25) is 0 Å². The summed E-state index contributed by atoms with van der Waals surface area (Å²) in [5.41, 5.74) is 1.71. The van der Waals surface area contributed by atoms with Gasteiger partial charge in [-0.05, 0) is 47.6 Å². The van der Waals surface area contributed by atoms with Gasteiger partial charge in [0.2, 0.25) is 0 Å². The van der Waals surface area contributed by atoms with E-state index in [2.05, 4.69) is 4.98 Å². The van der Waals surface area contributed by atoms with Crippen molar-refractivity contribution in [3.05, 3.63) is 89.3 Å². The number of phosphoric ester groups is 2. The maximum Gasteiger partial charge on any atom is 0.530 e. The van der Waals surface area contributed by atoms with Crippen molar-refractivity contribution in [3.8, 4) is 11.5 Å². The summed E-state index contributed by atoms with van der Waals surface area (Å²) in [6.07, 6.45) is -1.62. The number of hydrogen-bond donors (Lipinski definition) is 1. The quantitative estimate of drug-likeness (QED) is 0.274. The van der Waals surface area contributed by atoms with E-state index in [4.69, 9.17) is 31.9 Å². The number of hydrogen-bond acceptors (Lipinski definition) is 11. The Morgan fingerprint density at radius 2 is 1.59 bits per heavy atom. The van der Waals surface area contributed by atoms with Gasteiger partial charge in [-0.25, -0.2) is 13.9 Å². The number of nitrogens with zero attached hydrogens (tertiary/aromatic N) is 1. The number of H-pyrrole nitrogens is 1. The van der Waals surface area contributed by atoms with Crippen LogP contribution < -0.4 is 20.3 Å². The van der Waals surface area contributed by atoms with E-state index in [1.54, 1.807) is 34.7 Å². The Morgan fingerprint density at radius 3 is 2.24 bits per heavy atom. The Kier molecular flexibility index (Phi) is 7.79. The molecule has 218 valence electrons. The SMILES string of the molecule is Cc1cccc2c1OP(=O)(OC[C@H]1O[C@@H](n3cc(I)c(=O)[nH]c3=O)C[C@@H]1OP1(=O)OCc3cccc(C)c3O1)OC2. The molecular weight excluding hydrogens is 693 g/mol. The summed E-state index contributed by atoms with van der Waals surface area (Å²) in [5.74, 6) is 0.816. The number of aryl methyl sites for hydroxylation is 2. The van der Waals surface area contributed by atoms with Crippen molar-refractivity contribution in [1.82, 2.24) is 9.55 Å².